The van der Waals surface area contributed by atoms with Crippen LogP contribution in [-0.2, 0) is 27.2 Å². The summed E-state index contributed by atoms with van der Waals surface area (Å²) in [6.07, 6.45) is 32.3. The van der Waals surface area contributed by atoms with E-state index in [2.05, 4.69) is 25.8 Å². The average molecular weight is 859 g/mol. The maximum Gasteiger partial charge on any atom is 0.472 e. The molecule has 0 heterocycles. The van der Waals surface area contributed by atoms with Gasteiger partial charge in [0.15, 0.2) is 0 Å². The van der Waals surface area contributed by atoms with Crippen molar-refractivity contribution < 1.29 is 42.1 Å². The molecule has 0 aliphatic heterocycles. The topological polar surface area (TPSA) is 180 Å². The Morgan fingerprint density at radius 3 is 0.877 bits per heavy atom. The number of hydrogen-bond acceptors (Lipinski definition) is 11. The van der Waals surface area contributed by atoms with Gasteiger partial charge in [-0.3, -0.25) is 18.1 Å². The van der Waals surface area contributed by atoms with Gasteiger partial charge in [-0.1, -0.05) is 116 Å². The lowest BCUT2D eigenvalue weighted by atomic mass is 10.1. The molecule has 0 aliphatic carbocycles. The normalized spacial score (nSPS) is 14.0. The van der Waals surface area contributed by atoms with Crippen LogP contribution in [0.3, 0.4) is 0 Å². The van der Waals surface area contributed by atoms with Gasteiger partial charge in [-0.05, 0) is 123 Å². The number of aliphatic hydroxyl groups is 1. The minimum absolute atomic E-state index is 0.178. The van der Waals surface area contributed by atoms with Crippen LogP contribution in [-0.4, -0.2) is 100 Å². The minimum Gasteiger partial charge on any atom is -0.396 e. The van der Waals surface area contributed by atoms with Crippen molar-refractivity contribution in [1.82, 2.24) is 21.3 Å². The van der Waals surface area contributed by atoms with Gasteiger partial charge in [-0.25, -0.2) is 9.13 Å². The number of phosphoric acid groups is 2. The Hall–Kier alpha value is 0.0200. The van der Waals surface area contributed by atoms with Crippen LogP contribution >= 0.6 is 15.6 Å². The number of phosphoric ester groups is 2. The Morgan fingerprint density at radius 2 is 0.561 bits per heavy atom. The summed E-state index contributed by atoms with van der Waals surface area (Å²) in [4.78, 5) is 19.3. The maximum atomic E-state index is 12.1. The third kappa shape index (κ3) is 48.6. The van der Waals surface area contributed by atoms with Crippen LogP contribution in [0.25, 0.3) is 0 Å². The number of aliphatic hydroxyl groups excluding tert-OH is 1. The maximum absolute atomic E-state index is 12.1. The van der Waals surface area contributed by atoms with Gasteiger partial charge in [0.1, 0.15) is 0 Å². The van der Waals surface area contributed by atoms with Crippen LogP contribution in [0.1, 0.15) is 187 Å². The molecule has 15 heteroatoms. The minimum atomic E-state index is -3.95. The molecule has 0 rings (SSSR count). The Bertz CT molecular complexity index is 898. The van der Waals surface area contributed by atoms with E-state index in [4.69, 9.17) is 18.7 Å². The zero-order chi connectivity index (χ0) is 41.6. The van der Waals surface area contributed by atoms with Crippen LogP contribution in [0.5, 0.6) is 0 Å². The summed E-state index contributed by atoms with van der Waals surface area (Å²) in [5, 5.41) is 22.7. The predicted molar refractivity (Wildman–Crippen MR) is 237 cm³/mol. The molecular formula is C42H92N4O9P2. The van der Waals surface area contributed by atoms with Crippen LogP contribution in [0.2, 0.25) is 0 Å². The van der Waals surface area contributed by atoms with Gasteiger partial charge in [0.25, 0.3) is 0 Å². The predicted octanol–water partition coefficient (Wildman–Crippen LogP) is 9.55. The lowest BCUT2D eigenvalue weighted by molar-refractivity contribution is 0.145. The molecule has 0 bridgehead atoms. The monoisotopic (exact) mass is 859 g/mol. The highest BCUT2D eigenvalue weighted by atomic mass is 31.2. The van der Waals surface area contributed by atoms with Crippen molar-refractivity contribution in [3.63, 3.8) is 0 Å². The fourth-order valence-electron chi connectivity index (χ4n) is 6.55. The van der Waals surface area contributed by atoms with Gasteiger partial charge in [0.05, 0.1) is 26.4 Å². The molecule has 0 aromatic rings. The second-order valence-corrected chi connectivity index (χ2v) is 18.4. The number of nitrogens with one attached hydrogen (secondary N) is 4. The molecule has 0 amide bonds. The van der Waals surface area contributed by atoms with E-state index < -0.39 is 15.6 Å². The summed E-state index contributed by atoms with van der Waals surface area (Å²) < 4.78 is 43.5. The molecule has 13 nitrogen and oxygen atoms in total. The molecule has 0 saturated carbocycles. The smallest absolute Gasteiger partial charge is 0.396 e. The molecule has 0 fully saturated rings. The summed E-state index contributed by atoms with van der Waals surface area (Å²) in [6, 6.07) is 0. The summed E-state index contributed by atoms with van der Waals surface area (Å²) in [5.74, 6) is 0. The Balaban J connectivity index is 3.26. The Labute approximate surface area is 350 Å². The van der Waals surface area contributed by atoms with E-state index in [1.54, 1.807) is 6.92 Å². The highest BCUT2D eigenvalue weighted by Crippen LogP contribution is 2.44. The zero-order valence-corrected chi connectivity index (χ0v) is 38.5. The number of hydrogen-bond donors (Lipinski definition) is 7. The van der Waals surface area contributed by atoms with Crippen molar-refractivity contribution >= 4 is 15.6 Å². The lowest BCUT2D eigenvalue weighted by Gasteiger charge is -2.12. The molecule has 7 N–H and O–H groups in total. The molecule has 0 saturated heterocycles. The molecular weight excluding hydrogens is 766 g/mol. The van der Waals surface area contributed by atoms with Gasteiger partial charge < -0.3 is 36.2 Å². The van der Waals surface area contributed by atoms with Crippen molar-refractivity contribution in [2.75, 3.05) is 85.4 Å². The Morgan fingerprint density at radius 1 is 0.333 bits per heavy atom. The first-order valence-corrected chi connectivity index (χ1v) is 26.5. The van der Waals surface area contributed by atoms with E-state index in [1.165, 1.54) is 103 Å². The molecule has 344 valence electrons. The Kier molecular flexibility index (Phi) is 45.6. The summed E-state index contributed by atoms with van der Waals surface area (Å²) in [7, 11) is -7.78. The molecule has 2 unspecified atom stereocenters. The van der Waals surface area contributed by atoms with E-state index in [0.717, 1.165) is 129 Å². The van der Waals surface area contributed by atoms with E-state index in [9.17, 15) is 18.9 Å². The van der Waals surface area contributed by atoms with Crippen molar-refractivity contribution in [3.8, 4) is 0 Å². The first-order chi connectivity index (χ1) is 27.8. The molecule has 0 radical (unpaired) electrons. The number of rotatable bonds is 50. The second-order valence-electron chi connectivity index (χ2n) is 15.5. The van der Waals surface area contributed by atoms with Crippen LogP contribution in [0, 0.1) is 0 Å². The SMILES string of the molecule is CCOP(=O)(O)OCCCCCCCCCCCCCNCCCNCCCCOP(=O)(O)OCCCCCCCCCCCCCNCCCNCCCCO. The first kappa shape index (κ1) is 57.0. The van der Waals surface area contributed by atoms with Crippen LogP contribution in [0.15, 0.2) is 0 Å². The summed E-state index contributed by atoms with van der Waals surface area (Å²) in [5.41, 5.74) is 0. The number of unbranched alkanes of at least 4 members (excludes halogenated alkanes) is 22. The van der Waals surface area contributed by atoms with Gasteiger partial charge in [-0.2, -0.15) is 0 Å². The fourth-order valence-corrected chi connectivity index (χ4v) is 8.11. The second kappa shape index (κ2) is 45.5. The molecule has 57 heavy (non-hydrogen) atoms. The summed E-state index contributed by atoms with van der Waals surface area (Å²) >= 11 is 0. The quantitative estimate of drug-likeness (QED) is 0.0227. The largest absolute Gasteiger partial charge is 0.472 e. The third-order valence-electron chi connectivity index (χ3n) is 9.98. The molecule has 0 spiro atoms. The van der Waals surface area contributed by atoms with Gasteiger partial charge in [0.2, 0.25) is 0 Å². The van der Waals surface area contributed by atoms with Crippen molar-refractivity contribution in [2.24, 2.45) is 0 Å². The third-order valence-corrected chi connectivity index (χ3v) is 12.1. The van der Waals surface area contributed by atoms with Gasteiger partial charge in [-0.15, -0.1) is 0 Å². The van der Waals surface area contributed by atoms with Gasteiger partial charge in [0, 0.05) is 6.61 Å². The van der Waals surface area contributed by atoms with E-state index >= 15 is 0 Å². The molecule has 2 atom stereocenters. The van der Waals surface area contributed by atoms with E-state index in [1.807, 2.05) is 0 Å². The van der Waals surface area contributed by atoms with Crippen molar-refractivity contribution in [1.29, 1.82) is 0 Å². The van der Waals surface area contributed by atoms with Crippen molar-refractivity contribution in [2.45, 2.75) is 187 Å². The highest BCUT2D eigenvalue weighted by Gasteiger charge is 2.20. The fraction of sp³-hybridized carbons (Fsp3) is 1.00. The van der Waals surface area contributed by atoms with Gasteiger partial charge >= 0.3 is 15.6 Å². The first-order valence-electron chi connectivity index (χ1n) is 23.5. The van der Waals surface area contributed by atoms with Crippen LogP contribution in [0.4, 0.5) is 0 Å². The lowest BCUT2D eigenvalue weighted by Crippen LogP contribution is -2.23. The molecule has 0 aromatic carbocycles. The highest BCUT2D eigenvalue weighted by molar-refractivity contribution is 7.47. The summed E-state index contributed by atoms with van der Waals surface area (Å²) in [6.45, 7) is 11.1. The zero-order valence-electron chi connectivity index (χ0n) is 36.7. The van der Waals surface area contributed by atoms with E-state index in [0.29, 0.717) is 6.61 Å². The van der Waals surface area contributed by atoms with Crippen molar-refractivity contribution in [3.05, 3.63) is 0 Å². The van der Waals surface area contributed by atoms with Crippen LogP contribution < -0.4 is 21.3 Å². The average Bonchev–Trinajstić information content (AvgIpc) is 3.18. The van der Waals surface area contributed by atoms with E-state index in [-0.39, 0.29) is 26.4 Å². The standard InChI is InChI=1S/C42H92N4O9P2/c1-2-52-56(48,49)53-40-26-19-15-11-7-3-5-9-14-18-22-32-44-36-30-38-46-34-24-28-42-55-57(50,51)54-41-27-20-16-12-8-4-6-10-13-17-21-31-43-35-29-37-45-33-23-25-39-47/h43-47H,2-42H2,1H3,(H,48,49)(H,50,51). The molecule has 0 aromatic heterocycles. The molecule has 0 aliphatic rings.